The van der Waals surface area contributed by atoms with Crippen molar-refractivity contribution in [2.45, 2.75) is 6.92 Å². The number of nitrogens with one attached hydrogen (secondary N) is 1. The van der Waals surface area contributed by atoms with Gasteiger partial charge in [-0.3, -0.25) is 4.79 Å². The van der Waals surface area contributed by atoms with Gasteiger partial charge in [-0.2, -0.15) is 0 Å². The highest BCUT2D eigenvalue weighted by Gasteiger charge is 2.12. The summed E-state index contributed by atoms with van der Waals surface area (Å²) in [6, 6.07) is 9.66. The predicted molar refractivity (Wildman–Crippen MR) is 69.2 cm³/mol. The van der Waals surface area contributed by atoms with Gasteiger partial charge in [0.15, 0.2) is 11.5 Å². The van der Waals surface area contributed by atoms with Gasteiger partial charge in [0, 0.05) is 12.6 Å². The Labute approximate surface area is 105 Å². The number of carbonyl (C=O) groups excluding carboxylic acids is 1. The third kappa shape index (κ3) is 1.97. The third-order valence-corrected chi connectivity index (χ3v) is 2.82. The standard InChI is InChI=1S/C14H13NO3/c1-9(16)15-12-3-2-10-7-13-14(8-11(10)6-12)18-5-4-17-13/h2-3,6-8H,4-5H2,1H3,(H,15,16). The van der Waals surface area contributed by atoms with Crippen LogP contribution in [0.1, 0.15) is 6.92 Å². The molecule has 0 aromatic heterocycles. The lowest BCUT2D eigenvalue weighted by Gasteiger charge is -2.19. The van der Waals surface area contributed by atoms with Crippen LogP contribution in [-0.2, 0) is 4.79 Å². The fourth-order valence-corrected chi connectivity index (χ4v) is 2.07. The fraction of sp³-hybridized carbons (Fsp3) is 0.214. The van der Waals surface area contributed by atoms with E-state index >= 15 is 0 Å². The molecule has 1 N–H and O–H groups in total. The molecule has 0 bridgehead atoms. The largest absolute Gasteiger partial charge is 0.486 e. The molecule has 1 aliphatic rings. The van der Waals surface area contributed by atoms with Crippen LogP contribution in [0.5, 0.6) is 11.5 Å². The van der Waals surface area contributed by atoms with E-state index < -0.39 is 0 Å². The summed E-state index contributed by atoms with van der Waals surface area (Å²) in [6.07, 6.45) is 0. The zero-order chi connectivity index (χ0) is 12.5. The molecule has 1 aliphatic heterocycles. The van der Waals surface area contributed by atoms with Crippen LogP contribution in [0, 0.1) is 0 Å². The second-order valence-corrected chi connectivity index (χ2v) is 4.24. The van der Waals surface area contributed by atoms with E-state index in [4.69, 9.17) is 9.47 Å². The summed E-state index contributed by atoms with van der Waals surface area (Å²) in [5.74, 6) is 1.46. The first-order valence-electron chi connectivity index (χ1n) is 5.83. The van der Waals surface area contributed by atoms with E-state index in [-0.39, 0.29) is 5.91 Å². The van der Waals surface area contributed by atoms with Crippen LogP contribution in [0.2, 0.25) is 0 Å². The molecule has 92 valence electrons. The first kappa shape index (κ1) is 10.9. The Balaban J connectivity index is 2.07. The third-order valence-electron chi connectivity index (χ3n) is 2.82. The first-order valence-corrected chi connectivity index (χ1v) is 5.83. The number of amides is 1. The molecular weight excluding hydrogens is 230 g/mol. The molecule has 0 aliphatic carbocycles. The topological polar surface area (TPSA) is 47.6 Å². The van der Waals surface area contributed by atoms with Crippen molar-refractivity contribution in [2.24, 2.45) is 0 Å². The molecule has 0 saturated carbocycles. The number of benzene rings is 2. The van der Waals surface area contributed by atoms with Crippen molar-refractivity contribution in [1.29, 1.82) is 0 Å². The number of carbonyl (C=O) groups is 1. The zero-order valence-corrected chi connectivity index (χ0v) is 10.0. The van der Waals surface area contributed by atoms with E-state index in [0.29, 0.717) is 13.2 Å². The highest BCUT2D eigenvalue weighted by Crippen LogP contribution is 2.35. The lowest BCUT2D eigenvalue weighted by Crippen LogP contribution is -2.15. The number of anilines is 1. The average Bonchev–Trinajstić information content (AvgIpc) is 2.35. The number of hydrogen-bond donors (Lipinski definition) is 1. The van der Waals surface area contributed by atoms with Gasteiger partial charge in [-0.05, 0) is 35.0 Å². The SMILES string of the molecule is CC(=O)Nc1ccc2cc3c(cc2c1)OCCO3. The van der Waals surface area contributed by atoms with Gasteiger partial charge in [0.2, 0.25) is 5.91 Å². The second kappa shape index (κ2) is 4.22. The Morgan fingerprint density at radius 3 is 2.39 bits per heavy atom. The van der Waals surface area contributed by atoms with E-state index in [9.17, 15) is 4.79 Å². The molecule has 0 fully saturated rings. The molecule has 3 rings (SSSR count). The van der Waals surface area contributed by atoms with Crippen molar-refractivity contribution in [1.82, 2.24) is 0 Å². The quantitative estimate of drug-likeness (QED) is 0.837. The van der Waals surface area contributed by atoms with Crippen molar-refractivity contribution < 1.29 is 14.3 Å². The Hall–Kier alpha value is -2.23. The summed E-state index contributed by atoms with van der Waals surface area (Å²) in [7, 11) is 0. The van der Waals surface area contributed by atoms with Crippen molar-refractivity contribution >= 4 is 22.4 Å². The lowest BCUT2D eigenvalue weighted by molar-refractivity contribution is -0.114. The summed E-state index contributed by atoms with van der Waals surface area (Å²) in [5.41, 5.74) is 0.784. The average molecular weight is 243 g/mol. The minimum atomic E-state index is -0.0770. The summed E-state index contributed by atoms with van der Waals surface area (Å²) in [5, 5.41) is 4.85. The summed E-state index contributed by atoms with van der Waals surface area (Å²) in [6.45, 7) is 2.65. The molecule has 0 atom stereocenters. The number of hydrogen-bond acceptors (Lipinski definition) is 3. The maximum atomic E-state index is 11.0. The Morgan fingerprint density at radius 1 is 1.06 bits per heavy atom. The molecule has 0 unspecified atom stereocenters. The fourth-order valence-electron chi connectivity index (χ4n) is 2.07. The Bertz CT molecular complexity index is 622. The minimum Gasteiger partial charge on any atom is -0.486 e. The highest BCUT2D eigenvalue weighted by atomic mass is 16.6. The first-order chi connectivity index (χ1) is 8.72. The van der Waals surface area contributed by atoms with Crippen molar-refractivity contribution in [3.8, 4) is 11.5 Å². The number of rotatable bonds is 1. The number of fused-ring (bicyclic) bond motifs is 2. The maximum Gasteiger partial charge on any atom is 0.221 e. The molecule has 1 heterocycles. The van der Waals surface area contributed by atoms with Crippen LogP contribution in [0.15, 0.2) is 30.3 Å². The van der Waals surface area contributed by atoms with Gasteiger partial charge in [-0.15, -0.1) is 0 Å². The molecule has 0 saturated heterocycles. The summed E-state index contributed by atoms with van der Waals surface area (Å²) >= 11 is 0. The van der Waals surface area contributed by atoms with Gasteiger partial charge in [0.1, 0.15) is 13.2 Å². The zero-order valence-electron chi connectivity index (χ0n) is 10.0. The van der Waals surface area contributed by atoms with Crippen molar-refractivity contribution in [3.05, 3.63) is 30.3 Å². The number of ether oxygens (including phenoxy) is 2. The monoisotopic (exact) mass is 243 g/mol. The molecular formula is C14H13NO3. The Morgan fingerprint density at radius 2 is 1.72 bits per heavy atom. The molecule has 4 heteroatoms. The predicted octanol–water partition coefficient (Wildman–Crippen LogP) is 2.57. The molecule has 0 radical (unpaired) electrons. The van der Waals surface area contributed by atoms with E-state index in [0.717, 1.165) is 28.0 Å². The Kier molecular flexibility index (Phi) is 2.55. The van der Waals surface area contributed by atoms with Gasteiger partial charge in [0.25, 0.3) is 0 Å². The maximum absolute atomic E-state index is 11.0. The van der Waals surface area contributed by atoms with E-state index in [1.165, 1.54) is 6.92 Å². The van der Waals surface area contributed by atoms with E-state index in [1.54, 1.807) is 0 Å². The van der Waals surface area contributed by atoms with Crippen LogP contribution >= 0.6 is 0 Å². The summed E-state index contributed by atoms with van der Waals surface area (Å²) < 4.78 is 11.1. The molecule has 0 spiro atoms. The van der Waals surface area contributed by atoms with E-state index in [2.05, 4.69) is 5.32 Å². The summed E-state index contributed by atoms with van der Waals surface area (Å²) in [4.78, 5) is 11.0. The molecule has 1 amide bonds. The van der Waals surface area contributed by atoms with Crippen molar-refractivity contribution in [2.75, 3.05) is 18.5 Å². The van der Waals surface area contributed by atoms with Crippen LogP contribution in [0.25, 0.3) is 10.8 Å². The molecule has 2 aromatic rings. The molecule has 2 aromatic carbocycles. The van der Waals surface area contributed by atoms with Gasteiger partial charge < -0.3 is 14.8 Å². The van der Waals surface area contributed by atoms with Crippen LogP contribution in [-0.4, -0.2) is 19.1 Å². The minimum absolute atomic E-state index is 0.0770. The van der Waals surface area contributed by atoms with Crippen LogP contribution in [0.3, 0.4) is 0 Å². The lowest BCUT2D eigenvalue weighted by atomic mass is 10.1. The second-order valence-electron chi connectivity index (χ2n) is 4.24. The van der Waals surface area contributed by atoms with Gasteiger partial charge in [-0.25, -0.2) is 0 Å². The van der Waals surface area contributed by atoms with Gasteiger partial charge >= 0.3 is 0 Å². The molecule has 18 heavy (non-hydrogen) atoms. The van der Waals surface area contributed by atoms with Gasteiger partial charge in [-0.1, -0.05) is 6.07 Å². The van der Waals surface area contributed by atoms with Crippen LogP contribution in [0.4, 0.5) is 5.69 Å². The van der Waals surface area contributed by atoms with Crippen molar-refractivity contribution in [3.63, 3.8) is 0 Å². The van der Waals surface area contributed by atoms with Crippen LogP contribution < -0.4 is 14.8 Å². The smallest absolute Gasteiger partial charge is 0.221 e. The normalized spacial score (nSPS) is 13.4. The van der Waals surface area contributed by atoms with Gasteiger partial charge in [0.05, 0.1) is 0 Å². The highest BCUT2D eigenvalue weighted by molar-refractivity contribution is 5.94. The molecule has 4 nitrogen and oxygen atoms in total. The van der Waals surface area contributed by atoms with E-state index in [1.807, 2.05) is 30.3 Å².